The molecule has 1 heterocycles. The fraction of sp³-hybridized carbons (Fsp3) is 0.636. The molecule has 1 fully saturated rings. The third-order valence-corrected chi connectivity index (χ3v) is 5.08. The van der Waals surface area contributed by atoms with Gasteiger partial charge in [-0.3, -0.25) is 4.79 Å². The zero-order chi connectivity index (χ0) is 20.9. The van der Waals surface area contributed by atoms with Crippen molar-refractivity contribution in [2.45, 2.75) is 39.3 Å². The molecular weight excluding hydrogens is 493 g/mol. The number of nitrogens with zero attached hydrogens (tertiary/aromatic N) is 3. The maximum absolute atomic E-state index is 12.0. The minimum atomic E-state index is 0. The number of ether oxygens (including phenoxy) is 1. The number of hydrogen-bond acceptors (Lipinski definition) is 4. The first kappa shape index (κ1) is 26.6. The summed E-state index contributed by atoms with van der Waals surface area (Å²) in [7, 11) is 3.86. The quantitative estimate of drug-likeness (QED) is 0.188. The third kappa shape index (κ3) is 9.61. The Kier molecular flexibility index (Phi) is 13.7. The molecule has 170 valence electrons. The highest BCUT2D eigenvalue weighted by atomic mass is 127. The first-order valence-corrected chi connectivity index (χ1v) is 10.7. The van der Waals surface area contributed by atoms with E-state index < -0.39 is 0 Å². The Bertz CT molecular complexity index is 656. The van der Waals surface area contributed by atoms with Crippen molar-refractivity contribution in [3.8, 4) is 0 Å². The van der Waals surface area contributed by atoms with E-state index in [-0.39, 0.29) is 29.9 Å². The normalized spacial score (nSPS) is 14.2. The van der Waals surface area contributed by atoms with E-state index in [2.05, 4.69) is 41.6 Å². The van der Waals surface area contributed by atoms with Crippen molar-refractivity contribution in [1.29, 1.82) is 0 Å². The van der Waals surface area contributed by atoms with E-state index in [0.717, 1.165) is 58.1 Å². The van der Waals surface area contributed by atoms with Crippen LogP contribution >= 0.6 is 24.0 Å². The van der Waals surface area contributed by atoms with E-state index in [1.54, 1.807) is 7.11 Å². The molecule has 0 spiro atoms. The second-order valence-corrected chi connectivity index (χ2v) is 7.46. The molecule has 1 saturated heterocycles. The van der Waals surface area contributed by atoms with Crippen molar-refractivity contribution < 1.29 is 9.53 Å². The van der Waals surface area contributed by atoms with Gasteiger partial charge in [0, 0.05) is 59.4 Å². The van der Waals surface area contributed by atoms with E-state index in [1.807, 2.05) is 17.0 Å². The van der Waals surface area contributed by atoms with Gasteiger partial charge in [-0.2, -0.15) is 0 Å². The second-order valence-electron chi connectivity index (χ2n) is 7.46. The van der Waals surface area contributed by atoms with Crippen LogP contribution in [0.25, 0.3) is 0 Å². The summed E-state index contributed by atoms with van der Waals surface area (Å²) >= 11 is 0. The molecule has 0 radical (unpaired) electrons. The lowest BCUT2D eigenvalue weighted by Gasteiger charge is -2.19. The number of hydrogen-bond donors (Lipinski definition) is 2. The third-order valence-electron chi connectivity index (χ3n) is 5.08. The molecule has 1 aliphatic rings. The van der Waals surface area contributed by atoms with Crippen LogP contribution in [-0.4, -0.2) is 75.2 Å². The number of carbonyl (C=O) groups excluding carboxylic acids is 1. The fourth-order valence-electron chi connectivity index (χ4n) is 3.40. The van der Waals surface area contributed by atoms with Gasteiger partial charge >= 0.3 is 0 Å². The average molecular weight is 531 g/mol. The van der Waals surface area contributed by atoms with Gasteiger partial charge in [0.1, 0.15) is 0 Å². The molecule has 1 aromatic carbocycles. The monoisotopic (exact) mass is 531 g/mol. The van der Waals surface area contributed by atoms with Gasteiger partial charge in [0.25, 0.3) is 0 Å². The van der Waals surface area contributed by atoms with E-state index in [0.29, 0.717) is 19.5 Å². The van der Waals surface area contributed by atoms with E-state index in [9.17, 15) is 4.79 Å². The summed E-state index contributed by atoms with van der Waals surface area (Å²) in [4.78, 5) is 21.0. The van der Waals surface area contributed by atoms with Gasteiger partial charge in [-0.25, -0.2) is 4.99 Å². The van der Waals surface area contributed by atoms with Crippen molar-refractivity contribution in [2.75, 3.05) is 53.5 Å². The number of guanidine groups is 1. The maximum atomic E-state index is 12.0. The highest BCUT2D eigenvalue weighted by molar-refractivity contribution is 14.0. The lowest BCUT2D eigenvalue weighted by molar-refractivity contribution is -0.128. The Balaban J connectivity index is 0.00000450. The predicted octanol–water partition coefficient (Wildman–Crippen LogP) is 2.45. The second kappa shape index (κ2) is 15.4. The molecule has 0 atom stereocenters. The number of nitrogens with one attached hydrogen (secondary N) is 2. The number of carbonyl (C=O) groups is 1. The first-order chi connectivity index (χ1) is 14.1. The summed E-state index contributed by atoms with van der Waals surface area (Å²) in [6, 6.07) is 8.28. The molecule has 8 heteroatoms. The fourth-order valence-corrected chi connectivity index (χ4v) is 3.40. The number of aliphatic imine (C=N–C) groups is 1. The van der Waals surface area contributed by atoms with E-state index >= 15 is 0 Å². The van der Waals surface area contributed by atoms with Crippen molar-refractivity contribution in [3.05, 3.63) is 35.4 Å². The van der Waals surface area contributed by atoms with Crippen LogP contribution in [0.1, 0.15) is 37.3 Å². The van der Waals surface area contributed by atoms with Crippen molar-refractivity contribution in [3.63, 3.8) is 0 Å². The van der Waals surface area contributed by atoms with Gasteiger partial charge in [-0.1, -0.05) is 24.3 Å². The summed E-state index contributed by atoms with van der Waals surface area (Å²) in [5.74, 6) is 1.08. The van der Waals surface area contributed by atoms with Gasteiger partial charge in [0.05, 0.1) is 6.54 Å². The van der Waals surface area contributed by atoms with Gasteiger partial charge in [-0.05, 0) is 37.9 Å². The summed E-state index contributed by atoms with van der Waals surface area (Å²) in [5.41, 5.74) is 2.35. The Labute approximate surface area is 198 Å². The van der Waals surface area contributed by atoms with Gasteiger partial charge in [0.15, 0.2) is 5.96 Å². The Morgan fingerprint density at radius 3 is 2.67 bits per heavy atom. The van der Waals surface area contributed by atoms with Gasteiger partial charge in [0.2, 0.25) is 5.91 Å². The molecule has 0 unspecified atom stereocenters. The topological polar surface area (TPSA) is 69.2 Å². The minimum absolute atomic E-state index is 0. The number of rotatable bonds is 12. The number of methoxy groups -OCH3 is 1. The van der Waals surface area contributed by atoms with Gasteiger partial charge < -0.3 is 25.2 Å². The number of likely N-dealkylation sites (N-methyl/N-ethyl adjacent to an activating group) is 1. The molecular formula is C22H38IN5O2. The number of benzene rings is 1. The minimum Gasteiger partial charge on any atom is -0.385 e. The van der Waals surface area contributed by atoms with Gasteiger partial charge in [-0.15, -0.1) is 24.0 Å². The maximum Gasteiger partial charge on any atom is 0.222 e. The zero-order valence-corrected chi connectivity index (χ0v) is 21.0. The molecule has 0 saturated carbocycles. The van der Waals surface area contributed by atoms with Crippen molar-refractivity contribution in [2.24, 2.45) is 4.99 Å². The molecule has 2 rings (SSSR count). The molecule has 0 aromatic heterocycles. The summed E-state index contributed by atoms with van der Waals surface area (Å²) < 4.78 is 5.10. The molecule has 1 aliphatic heterocycles. The molecule has 30 heavy (non-hydrogen) atoms. The first-order valence-electron chi connectivity index (χ1n) is 10.7. The van der Waals surface area contributed by atoms with Crippen LogP contribution in [0.4, 0.5) is 0 Å². The lowest BCUT2D eigenvalue weighted by atomic mass is 10.1. The van der Waals surface area contributed by atoms with Crippen LogP contribution < -0.4 is 10.6 Å². The van der Waals surface area contributed by atoms with E-state index in [4.69, 9.17) is 9.73 Å². The van der Waals surface area contributed by atoms with Crippen LogP contribution in [0.15, 0.2) is 29.3 Å². The van der Waals surface area contributed by atoms with Crippen LogP contribution in [0, 0.1) is 0 Å². The van der Waals surface area contributed by atoms with Crippen molar-refractivity contribution >= 4 is 35.8 Å². The number of likely N-dealkylation sites (tertiary alicyclic amines) is 1. The highest BCUT2D eigenvalue weighted by Crippen LogP contribution is 2.17. The van der Waals surface area contributed by atoms with Crippen LogP contribution in [-0.2, 0) is 22.6 Å². The molecule has 7 nitrogen and oxygen atoms in total. The zero-order valence-electron chi connectivity index (χ0n) is 18.7. The van der Waals surface area contributed by atoms with Crippen LogP contribution in [0.3, 0.4) is 0 Å². The Hall–Kier alpha value is -1.39. The van der Waals surface area contributed by atoms with Crippen molar-refractivity contribution in [1.82, 2.24) is 20.4 Å². The molecule has 0 aliphatic carbocycles. The predicted molar refractivity (Wildman–Crippen MR) is 133 cm³/mol. The summed E-state index contributed by atoms with van der Waals surface area (Å²) in [5, 5.41) is 6.73. The average Bonchev–Trinajstić information content (AvgIpc) is 3.12. The van der Waals surface area contributed by atoms with Crippen LogP contribution in [0.5, 0.6) is 0 Å². The highest BCUT2D eigenvalue weighted by Gasteiger charge is 2.20. The summed E-state index contributed by atoms with van der Waals surface area (Å²) in [6.07, 6.45) is 2.68. The van der Waals surface area contributed by atoms with Crippen LogP contribution in [0.2, 0.25) is 0 Å². The number of halogens is 1. The number of amides is 1. The Morgan fingerprint density at radius 2 is 2.00 bits per heavy atom. The smallest absolute Gasteiger partial charge is 0.222 e. The summed E-state index contributed by atoms with van der Waals surface area (Å²) in [6.45, 7) is 8.62. The largest absolute Gasteiger partial charge is 0.385 e. The molecule has 2 N–H and O–H groups in total. The molecule has 1 aromatic rings. The standard InChI is InChI=1S/C22H37N5O2.HI/c1-4-23-22(24-12-15-26(2)13-8-16-29-3)25-17-19-9-5-6-10-20(19)18-27-14-7-11-21(27)28;/h5-6,9-10H,4,7-8,11-18H2,1-3H3,(H2,23,24,25);1H. The lowest BCUT2D eigenvalue weighted by Crippen LogP contribution is -2.41. The SMILES string of the molecule is CCNC(=NCc1ccccc1CN1CCCC1=O)NCCN(C)CCCOC.I. The van der Waals surface area contributed by atoms with E-state index in [1.165, 1.54) is 11.1 Å². The molecule has 0 bridgehead atoms. The molecule has 1 amide bonds. The Morgan fingerprint density at radius 1 is 1.23 bits per heavy atom.